The van der Waals surface area contributed by atoms with Crippen LogP contribution in [0.3, 0.4) is 0 Å². The molecule has 0 radical (unpaired) electrons. The lowest BCUT2D eigenvalue weighted by Crippen LogP contribution is -2.21. The van der Waals surface area contributed by atoms with Crippen LogP contribution in [0.5, 0.6) is 5.75 Å². The van der Waals surface area contributed by atoms with Gasteiger partial charge in [0.2, 0.25) is 0 Å². The summed E-state index contributed by atoms with van der Waals surface area (Å²) in [5.74, 6) is -0.187. The molecule has 0 saturated carbocycles. The number of hydrogen-bond acceptors (Lipinski definition) is 5. The smallest absolute Gasteiger partial charge is 0.404 e. The number of halogens is 4. The minimum atomic E-state index is -4.92. The second-order valence-corrected chi connectivity index (χ2v) is 7.75. The van der Waals surface area contributed by atoms with E-state index in [1.165, 1.54) is 12.1 Å². The van der Waals surface area contributed by atoms with Crippen LogP contribution in [0.4, 0.5) is 17.6 Å². The Bertz CT molecular complexity index is 1210. The number of fused-ring (bicyclic) bond motifs is 1. The molecule has 0 spiro atoms. The minimum Gasteiger partial charge on any atom is -0.404 e. The van der Waals surface area contributed by atoms with Crippen molar-refractivity contribution >= 4 is 0 Å². The Hall–Kier alpha value is -3.45. The van der Waals surface area contributed by atoms with Crippen molar-refractivity contribution in [1.82, 2.24) is 14.5 Å². The molecule has 1 aromatic carbocycles. The summed E-state index contributed by atoms with van der Waals surface area (Å²) in [7, 11) is 0. The number of alkyl halides is 4. The van der Waals surface area contributed by atoms with E-state index in [0.717, 1.165) is 28.7 Å². The topological polar surface area (TPSA) is 73.0 Å². The fraction of sp³-hybridized carbons (Fsp3) is 0.348. The largest absolute Gasteiger partial charge is 0.573 e. The molecule has 0 saturated heterocycles. The van der Waals surface area contributed by atoms with E-state index in [9.17, 15) is 22.8 Å². The van der Waals surface area contributed by atoms with Crippen LogP contribution >= 0.6 is 0 Å². The van der Waals surface area contributed by atoms with Crippen LogP contribution in [-0.2, 0) is 17.7 Å². The van der Waals surface area contributed by atoms with Gasteiger partial charge in [-0.05, 0) is 44.2 Å². The van der Waals surface area contributed by atoms with Crippen molar-refractivity contribution in [2.45, 2.75) is 39.3 Å². The molecule has 0 fully saturated rings. The highest BCUT2D eigenvalue weighted by molar-refractivity contribution is 5.70. The van der Waals surface area contributed by atoms with Gasteiger partial charge in [0.25, 0.3) is 0 Å². The number of imidazole rings is 1. The standard InChI is InChI=1S/C23H20F4N4O2/c1-13-7-16(8-14(2)29-13)21-19-5-6-32-18(10-24)12-31(19)22(30-21)15-3-4-20(17(9-15)11-28)33-23(25,26)27/h3-4,7-9,18H,5-6,10,12H2,1-2H3/t18-/m1/s1. The van der Waals surface area contributed by atoms with Gasteiger partial charge in [0.05, 0.1) is 24.4 Å². The van der Waals surface area contributed by atoms with Gasteiger partial charge < -0.3 is 14.0 Å². The van der Waals surface area contributed by atoms with Gasteiger partial charge in [0, 0.05) is 34.6 Å². The van der Waals surface area contributed by atoms with E-state index in [-0.39, 0.29) is 12.1 Å². The third kappa shape index (κ3) is 4.83. The van der Waals surface area contributed by atoms with Gasteiger partial charge in [-0.3, -0.25) is 4.98 Å². The number of nitriles is 1. The van der Waals surface area contributed by atoms with Gasteiger partial charge in [0.15, 0.2) is 0 Å². The van der Waals surface area contributed by atoms with Crippen LogP contribution in [0, 0.1) is 25.2 Å². The monoisotopic (exact) mass is 460 g/mol. The average Bonchev–Trinajstić information content (AvgIpc) is 2.95. The van der Waals surface area contributed by atoms with Crippen LogP contribution in [0.2, 0.25) is 0 Å². The molecule has 1 atom stereocenters. The highest BCUT2D eigenvalue weighted by atomic mass is 19.4. The maximum absolute atomic E-state index is 13.5. The van der Waals surface area contributed by atoms with Gasteiger partial charge in [-0.25, -0.2) is 9.37 Å². The van der Waals surface area contributed by atoms with Crippen LogP contribution in [0.1, 0.15) is 22.6 Å². The first-order valence-corrected chi connectivity index (χ1v) is 10.2. The summed E-state index contributed by atoms with van der Waals surface area (Å²) in [6, 6.07) is 9.30. The molecule has 3 aromatic rings. The summed E-state index contributed by atoms with van der Waals surface area (Å²) in [5.41, 5.74) is 4.05. The lowest BCUT2D eigenvalue weighted by Gasteiger charge is -2.15. The predicted molar refractivity (Wildman–Crippen MR) is 111 cm³/mol. The molecule has 6 nitrogen and oxygen atoms in total. The molecule has 0 N–H and O–H groups in total. The Morgan fingerprint density at radius 1 is 1.15 bits per heavy atom. The first-order valence-electron chi connectivity index (χ1n) is 10.2. The molecular weight excluding hydrogens is 440 g/mol. The number of benzene rings is 1. The van der Waals surface area contributed by atoms with Crippen molar-refractivity contribution in [2.75, 3.05) is 13.3 Å². The fourth-order valence-corrected chi connectivity index (χ4v) is 4.00. The third-order valence-electron chi connectivity index (χ3n) is 5.26. The lowest BCUT2D eigenvalue weighted by atomic mass is 10.1. The normalized spacial score (nSPS) is 16.1. The zero-order valence-electron chi connectivity index (χ0n) is 17.9. The summed E-state index contributed by atoms with van der Waals surface area (Å²) >= 11 is 0. The zero-order chi connectivity index (χ0) is 23.8. The highest BCUT2D eigenvalue weighted by Crippen LogP contribution is 2.35. The molecule has 0 aliphatic carbocycles. The van der Waals surface area contributed by atoms with E-state index < -0.39 is 24.9 Å². The second kappa shape index (κ2) is 8.83. The summed E-state index contributed by atoms with van der Waals surface area (Å²) in [6.45, 7) is 3.53. The van der Waals surface area contributed by atoms with Crippen molar-refractivity contribution in [3.63, 3.8) is 0 Å². The molecule has 0 unspecified atom stereocenters. The Balaban J connectivity index is 1.88. The molecule has 33 heavy (non-hydrogen) atoms. The quantitative estimate of drug-likeness (QED) is 0.518. The number of rotatable bonds is 4. The van der Waals surface area contributed by atoms with Crippen molar-refractivity contribution in [3.8, 4) is 34.5 Å². The van der Waals surface area contributed by atoms with E-state index in [2.05, 4.69) is 9.72 Å². The Morgan fingerprint density at radius 2 is 1.88 bits per heavy atom. The molecule has 1 aliphatic rings. The molecule has 0 bridgehead atoms. The average molecular weight is 460 g/mol. The van der Waals surface area contributed by atoms with E-state index >= 15 is 0 Å². The summed E-state index contributed by atoms with van der Waals surface area (Å²) in [4.78, 5) is 9.18. The number of aromatic nitrogens is 3. The van der Waals surface area contributed by atoms with Crippen LogP contribution < -0.4 is 4.74 Å². The second-order valence-electron chi connectivity index (χ2n) is 7.75. The highest BCUT2D eigenvalue weighted by Gasteiger charge is 2.32. The van der Waals surface area contributed by atoms with Gasteiger partial charge in [-0.15, -0.1) is 13.2 Å². The van der Waals surface area contributed by atoms with Crippen molar-refractivity contribution in [3.05, 3.63) is 53.0 Å². The summed E-state index contributed by atoms with van der Waals surface area (Å²) in [5, 5.41) is 9.39. The third-order valence-corrected chi connectivity index (χ3v) is 5.26. The number of aryl methyl sites for hydroxylation is 2. The Labute approximate surface area is 187 Å². The molecule has 0 amide bonds. The van der Waals surface area contributed by atoms with Gasteiger partial charge in [0.1, 0.15) is 30.4 Å². The Kier molecular flexibility index (Phi) is 6.08. The molecule has 1 aliphatic heterocycles. The SMILES string of the molecule is Cc1cc(-c2nc(-c3ccc(OC(F)(F)F)c(C#N)c3)n3c2CCO[C@H](CF)C3)cc(C)n1. The van der Waals surface area contributed by atoms with Crippen molar-refractivity contribution in [1.29, 1.82) is 5.26 Å². The molecule has 3 heterocycles. The zero-order valence-corrected chi connectivity index (χ0v) is 17.9. The summed E-state index contributed by atoms with van der Waals surface area (Å²) in [6.07, 6.45) is -5.14. The van der Waals surface area contributed by atoms with E-state index in [1.807, 2.05) is 30.5 Å². The molecule has 4 rings (SSSR count). The van der Waals surface area contributed by atoms with Crippen molar-refractivity contribution < 1.29 is 27.0 Å². The number of ether oxygens (including phenoxy) is 2. The number of nitrogens with zero attached hydrogens (tertiary/aromatic N) is 4. The fourth-order valence-electron chi connectivity index (χ4n) is 4.00. The number of hydrogen-bond donors (Lipinski definition) is 0. The van der Waals surface area contributed by atoms with E-state index in [1.54, 1.807) is 6.07 Å². The van der Waals surface area contributed by atoms with Crippen LogP contribution in [0.25, 0.3) is 22.6 Å². The Morgan fingerprint density at radius 3 is 2.52 bits per heavy atom. The molecule has 2 aromatic heterocycles. The van der Waals surface area contributed by atoms with E-state index in [0.29, 0.717) is 30.1 Å². The summed E-state index contributed by atoms with van der Waals surface area (Å²) < 4.78 is 63.0. The molecule has 172 valence electrons. The molecular formula is C23H20F4N4O2. The van der Waals surface area contributed by atoms with Crippen molar-refractivity contribution in [2.24, 2.45) is 0 Å². The van der Waals surface area contributed by atoms with Gasteiger partial charge in [-0.1, -0.05) is 0 Å². The number of pyridine rings is 1. The maximum Gasteiger partial charge on any atom is 0.573 e. The van der Waals surface area contributed by atoms with Crippen LogP contribution in [0.15, 0.2) is 30.3 Å². The first kappa shape index (κ1) is 22.7. The van der Waals surface area contributed by atoms with Gasteiger partial charge >= 0.3 is 6.36 Å². The predicted octanol–water partition coefficient (Wildman–Crippen LogP) is 4.91. The molecule has 10 heteroatoms. The lowest BCUT2D eigenvalue weighted by molar-refractivity contribution is -0.274. The minimum absolute atomic E-state index is 0.180. The van der Waals surface area contributed by atoms with E-state index in [4.69, 9.17) is 9.72 Å². The first-order chi connectivity index (χ1) is 15.7. The maximum atomic E-state index is 13.5. The van der Waals surface area contributed by atoms with Gasteiger partial charge in [-0.2, -0.15) is 5.26 Å². The van der Waals surface area contributed by atoms with Crippen LogP contribution in [-0.4, -0.2) is 40.3 Å².